The summed E-state index contributed by atoms with van der Waals surface area (Å²) >= 11 is 6.02. The van der Waals surface area contributed by atoms with Crippen molar-refractivity contribution in [3.8, 4) is 5.75 Å². The lowest BCUT2D eigenvalue weighted by molar-refractivity contribution is 0.0941. The summed E-state index contributed by atoms with van der Waals surface area (Å²) in [5, 5.41) is 0.642. The summed E-state index contributed by atoms with van der Waals surface area (Å²) in [4.78, 5) is 16.2. The van der Waals surface area contributed by atoms with E-state index in [4.69, 9.17) is 21.1 Å². The molecule has 0 atom stereocenters. The second-order valence-corrected chi connectivity index (χ2v) is 6.27. The van der Waals surface area contributed by atoms with Crippen LogP contribution >= 0.6 is 11.6 Å². The zero-order chi connectivity index (χ0) is 17.6. The molecule has 2 aromatic rings. The van der Waals surface area contributed by atoms with E-state index in [-0.39, 0.29) is 6.09 Å². The minimum absolute atomic E-state index is 0.272. The van der Waals surface area contributed by atoms with Gasteiger partial charge in [-0.1, -0.05) is 41.9 Å². The zero-order valence-electron chi connectivity index (χ0n) is 14.2. The van der Waals surface area contributed by atoms with Crippen molar-refractivity contribution >= 4 is 23.4 Å². The Labute approximate surface area is 152 Å². The van der Waals surface area contributed by atoms with Crippen molar-refractivity contribution in [3.05, 3.63) is 59.1 Å². The molecule has 0 saturated carbocycles. The number of amides is 1. The molecular formula is C19H21ClN2O3. The molecular weight excluding hydrogens is 340 g/mol. The number of methoxy groups -OCH3 is 1. The SMILES string of the molecule is COc1cc(Cl)ccc1N1CCN(C(=O)OCc2ccccc2)CC1. The van der Waals surface area contributed by atoms with E-state index in [1.165, 1.54) is 0 Å². The molecule has 1 aliphatic heterocycles. The highest BCUT2D eigenvalue weighted by atomic mass is 35.5. The largest absolute Gasteiger partial charge is 0.495 e. The zero-order valence-corrected chi connectivity index (χ0v) is 14.9. The molecule has 0 N–H and O–H groups in total. The summed E-state index contributed by atoms with van der Waals surface area (Å²) in [6, 6.07) is 15.3. The molecule has 25 heavy (non-hydrogen) atoms. The number of hydrogen-bond acceptors (Lipinski definition) is 4. The Hall–Kier alpha value is -2.40. The van der Waals surface area contributed by atoms with E-state index in [0.717, 1.165) is 30.1 Å². The maximum absolute atomic E-state index is 12.2. The summed E-state index contributed by atoms with van der Waals surface area (Å²) in [7, 11) is 1.63. The normalized spacial score (nSPS) is 14.3. The predicted octanol–water partition coefficient (Wildman–Crippen LogP) is 3.81. The highest BCUT2D eigenvalue weighted by molar-refractivity contribution is 6.30. The van der Waals surface area contributed by atoms with E-state index in [2.05, 4.69) is 4.90 Å². The van der Waals surface area contributed by atoms with Crippen LogP contribution in [0.15, 0.2) is 48.5 Å². The van der Waals surface area contributed by atoms with Gasteiger partial charge in [0.2, 0.25) is 0 Å². The van der Waals surface area contributed by atoms with Gasteiger partial charge in [0.05, 0.1) is 12.8 Å². The summed E-state index contributed by atoms with van der Waals surface area (Å²) in [6.07, 6.45) is -0.272. The number of carbonyl (C=O) groups is 1. The monoisotopic (exact) mass is 360 g/mol. The number of benzene rings is 2. The molecule has 2 aromatic carbocycles. The fourth-order valence-corrected chi connectivity index (χ4v) is 3.02. The fraction of sp³-hybridized carbons (Fsp3) is 0.316. The molecule has 0 aliphatic carbocycles. The van der Waals surface area contributed by atoms with Crippen molar-refractivity contribution in [1.82, 2.24) is 4.90 Å². The third kappa shape index (κ3) is 4.37. The van der Waals surface area contributed by atoms with Crippen molar-refractivity contribution in [2.75, 3.05) is 38.2 Å². The second kappa shape index (κ2) is 8.12. The first-order chi connectivity index (χ1) is 12.2. The molecule has 132 valence electrons. The highest BCUT2D eigenvalue weighted by Gasteiger charge is 2.24. The number of ether oxygens (including phenoxy) is 2. The molecule has 1 amide bonds. The number of piperazine rings is 1. The standard InChI is InChI=1S/C19H21ClN2O3/c1-24-18-13-16(20)7-8-17(18)21-9-11-22(12-10-21)19(23)25-14-15-5-3-2-4-6-15/h2-8,13H,9-12,14H2,1H3. The number of rotatable bonds is 4. The molecule has 1 aliphatic rings. The Bertz CT molecular complexity index is 716. The van der Waals surface area contributed by atoms with E-state index in [1.807, 2.05) is 42.5 Å². The van der Waals surface area contributed by atoms with Crippen molar-refractivity contribution in [2.45, 2.75) is 6.61 Å². The van der Waals surface area contributed by atoms with E-state index in [0.29, 0.717) is 24.7 Å². The lowest BCUT2D eigenvalue weighted by Gasteiger charge is -2.36. The van der Waals surface area contributed by atoms with Gasteiger partial charge in [0.15, 0.2) is 0 Å². The molecule has 0 unspecified atom stereocenters. The average Bonchev–Trinajstić information content (AvgIpc) is 2.67. The molecule has 0 radical (unpaired) electrons. The van der Waals surface area contributed by atoms with E-state index in [9.17, 15) is 4.79 Å². The van der Waals surface area contributed by atoms with Gasteiger partial charge in [-0.3, -0.25) is 0 Å². The Morgan fingerprint density at radius 3 is 2.48 bits per heavy atom. The van der Waals surface area contributed by atoms with Crippen molar-refractivity contribution in [1.29, 1.82) is 0 Å². The molecule has 5 nitrogen and oxygen atoms in total. The van der Waals surface area contributed by atoms with Gasteiger partial charge < -0.3 is 19.3 Å². The maximum Gasteiger partial charge on any atom is 0.410 e. The summed E-state index contributed by atoms with van der Waals surface area (Å²) in [5.41, 5.74) is 1.98. The quantitative estimate of drug-likeness (QED) is 0.831. The van der Waals surface area contributed by atoms with Crippen molar-refractivity contribution < 1.29 is 14.3 Å². The lowest BCUT2D eigenvalue weighted by Crippen LogP contribution is -2.49. The third-order valence-corrected chi connectivity index (χ3v) is 4.46. The van der Waals surface area contributed by atoms with Gasteiger partial charge >= 0.3 is 6.09 Å². The fourth-order valence-electron chi connectivity index (χ4n) is 2.85. The summed E-state index contributed by atoms with van der Waals surface area (Å²) in [6.45, 7) is 2.96. The van der Waals surface area contributed by atoms with Crippen LogP contribution in [-0.4, -0.2) is 44.3 Å². The number of carbonyl (C=O) groups excluding carboxylic acids is 1. The molecule has 1 saturated heterocycles. The van der Waals surface area contributed by atoms with Gasteiger partial charge in [0.1, 0.15) is 12.4 Å². The van der Waals surface area contributed by atoms with Gasteiger partial charge in [0.25, 0.3) is 0 Å². The topological polar surface area (TPSA) is 42.0 Å². The van der Waals surface area contributed by atoms with E-state index in [1.54, 1.807) is 18.1 Å². The average molecular weight is 361 g/mol. The van der Waals surface area contributed by atoms with Gasteiger partial charge in [-0.25, -0.2) is 4.79 Å². The van der Waals surface area contributed by atoms with Crippen LogP contribution in [0.25, 0.3) is 0 Å². The van der Waals surface area contributed by atoms with Crippen LogP contribution in [0.2, 0.25) is 5.02 Å². The van der Waals surface area contributed by atoms with Crippen molar-refractivity contribution in [2.24, 2.45) is 0 Å². The minimum atomic E-state index is -0.272. The first-order valence-corrected chi connectivity index (χ1v) is 8.59. The lowest BCUT2D eigenvalue weighted by atomic mass is 10.2. The van der Waals surface area contributed by atoms with Crippen LogP contribution in [0, 0.1) is 0 Å². The second-order valence-electron chi connectivity index (χ2n) is 5.83. The Morgan fingerprint density at radius 2 is 1.80 bits per heavy atom. The molecule has 6 heteroatoms. The minimum Gasteiger partial charge on any atom is -0.495 e. The van der Waals surface area contributed by atoms with Gasteiger partial charge in [-0.2, -0.15) is 0 Å². The van der Waals surface area contributed by atoms with Gasteiger partial charge in [-0.15, -0.1) is 0 Å². The van der Waals surface area contributed by atoms with Crippen LogP contribution in [0.3, 0.4) is 0 Å². The Morgan fingerprint density at radius 1 is 1.08 bits per heavy atom. The van der Waals surface area contributed by atoms with Crippen molar-refractivity contribution in [3.63, 3.8) is 0 Å². The van der Waals surface area contributed by atoms with Crippen LogP contribution in [-0.2, 0) is 11.3 Å². The molecule has 0 spiro atoms. The first kappa shape index (κ1) is 17.4. The maximum atomic E-state index is 12.2. The molecule has 1 fully saturated rings. The van der Waals surface area contributed by atoms with Crippen LogP contribution in [0.1, 0.15) is 5.56 Å². The van der Waals surface area contributed by atoms with Crippen LogP contribution < -0.4 is 9.64 Å². The number of hydrogen-bond donors (Lipinski definition) is 0. The molecule has 0 aromatic heterocycles. The highest BCUT2D eigenvalue weighted by Crippen LogP contribution is 2.31. The smallest absolute Gasteiger partial charge is 0.410 e. The third-order valence-electron chi connectivity index (χ3n) is 4.23. The number of anilines is 1. The summed E-state index contributed by atoms with van der Waals surface area (Å²) < 4.78 is 10.8. The van der Waals surface area contributed by atoms with Gasteiger partial charge in [0, 0.05) is 37.3 Å². The van der Waals surface area contributed by atoms with Crippen LogP contribution in [0.5, 0.6) is 5.75 Å². The summed E-state index contributed by atoms with van der Waals surface area (Å²) in [5.74, 6) is 0.743. The van der Waals surface area contributed by atoms with Gasteiger partial charge in [-0.05, 0) is 17.7 Å². The predicted molar refractivity (Wildman–Crippen MR) is 98.4 cm³/mol. The Kier molecular flexibility index (Phi) is 5.66. The number of nitrogens with zero attached hydrogens (tertiary/aromatic N) is 2. The number of halogens is 1. The molecule has 3 rings (SSSR count). The van der Waals surface area contributed by atoms with E-state index >= 15 is 0 Å². The Balaban J connectivity index is 1.54. The molecule has 1 heterocycles. The van der Waals surface area contributed by atoms with Crippen LogP contribution in [0.4, 0.5) is 10.5 Å². The molecule has 0 bridgehead atoms. The van der Waals surface area contributed by atoms with E-state index < -0.39 is 0 Å². The first-order valence-electron chi connectivity index (χ1n) is 8.21.